The highest BCUT2D eigenvalue weighted by molar-refractivity contribution is 5.95. The number of hydrogen-bond donors (Lipinski definition) is 2. The van der Waals surface area contributed by atoms with Crippen LogP contribution in [0.15, 0.2) is 24.3 Å². The lowest BCUT2D eigenvalue weighted by Gasteiger charge is -2.38. The van der Waals surface area contributed by atoms with Gasteiger partial charge in [-0.2, -0.15) is 5.26 Å². The minimum atomic E-state index is -0.325. The van der Waals surface area contributed by atoms with E-state index in [0.29, 0.717) is 11.3 Å². The van der Waals surface area contributed by atoms with Crippen molar-refractivity contribution in [3.63, 3.8) is 0 Å². The number of carbonyl (C=O) groups is 1. The van der Waals surface area contributed by atoms with Crippen LogP contribution in [0.25, 0.3) is 0 Å². The number of piperidine rings is 1. The van der Waals surface area contributed by atoms with E-state index < -0.39 is 0 Å². The molecule has 1 amide bonds. The summed E-state index contributed by atoms with van der Waals surface area (Å²) in [5.74, 6) is -0.141. The molecule has 5 nitrogen and oxygen atoms in total. The molecule has 0 bridgehead atoms. The van der Waals surface area contributed by atoms with Gasteiger partial charge in [-0.3, -0.25) is 9.69 Å². The van der Waals surface area contributed by atoms with Gasteiger partial charge in [-0.05, 0) is 38.4 Å². The number of hydrogen-bond acceptors (Lipinski definition) is 4. The number of likely N-dealkylation sites (tertiary alicyclic amines) is 1. The number of aliphatic hydroxyl groups excluding tert-OH is 1. The first-order valence-corrected chi connectivity index (χ1v) is 7.34. The lowest BCUT2D eigenvalue weighted by molar-refractivity contribution is -0.122. The summed E-state index contributed by atoms with van der Waals surface area (Å²) in [4.78, 5) is 14.4. The summed E-state index contributed by atoms with van der Waals surface area (Å²) >= 11 is 0. The van der Waals surface area contributed by atoms with Crippen molar-refractivity contribution >= 4 is 11.6 Å². The molecule has 0 aromatic heterocycles. The molecule has 2 N–H and O–H groups in total. The molecule has 1 aliphatic heterocycles. The lowest BCUT2D eigenvalue weighted by Crippen LogP contribution is -2.51. The van der Waals surface area contributed by atoms with Crippen LogP contribution >= 0.6 is 0 Å². The number of nitrogens with zero attached hydrogens (tertiary/aromatic N) is 2. The summed E-state index contributed by atoms with van der Waals surface area (Å²) in [6, 6.07) is 8.75. The molecule has 0 saturated carbocycles. The van der Waals surface area contributed by atoms with Crippen LogP contribution in [0, 0.1) is 11.3 Å². The van der Waals surface area contributed by atoms with Gasteiger partial charge < -0.3 is 10.4 Å². The molecule has 0 radical (unpaired) electrons. The van der Waals surface area contributed by atoms with E-state index in [9.17, 15) is 9.90 Å². The summed E-state index contributed by atoms with van der Waals surface area (Å²) in [6.07, 6.45) is 3.05. The molecule has 1 fully saturated rings. The molecule has 1 aliphatic rings. The summed E-state index contributed by atoms with van der Waals surface area (Å²) in [5, 5.41) is 21.3. The predicted octanol–water partition coefficient (Wildman–Crippen LogP) is 1.73. The van der Waals surface area contributed by atoms with Gasteiger partial charge in [0.05, 0.1) is 23.9 Å². The second-order valence-corrected chi connectivity index (χ2v) is 5.39. The fourth-order valence-corrected chi connectivity index (χ4v) is 2.81. The molecule has 2 atom stereocenters. The zero-order chi connectivity index (χ0) is 15.2. The highest BCUT2D eigenvalue weighted by atomic mass is 16.3. The molecule has 5 heteroatoms. The Bertz CT molecular complexity index is 539. The SMILES string of the molecule is CC(C(=O)Nc1ccccc1C#N)N1CCCCC1CO. The molecule has 21 heavy (non-hydrogen) atoms. The van der Waals surface area contributed by atoms with E-state index in [1.165, 1.54) is 0 Å². The van der Waals surface area contributed by atoms with Gasteiger partial charge in [-0.15, -0.1) is 0 Å². The van der Waals surface area contributed by atoms with Crippen LogP contribution in [-0.2, 0) is 4.79 Å². The number of carbonyl (C=O) groups excluding carboxylic acids is 1. The van der Waals surface area contributed by atoms with Gasteiger partial charge in [0, 0.05) is 6.04 Å². The molecule has 1 saturated heterocycles. The maximum absolute atomic E-state index is 12.4. The van der Waals surface area contributed by atoms with Crippen molar-refractivity contribution in [3.05, 3.63) is 29.8 Å². The average Bonchev–Trinajstić information content (AvgIpc) is 2.54. The smallest absolute Gasteiger partial charge is 0.241 e. The maximum Gasteiger partial charge on any atom is 0.241 e. The summed E-state index contributed by atoms with van der Waals surface area (Å²) < 4.78 is 0. The fraction of sp³-hybridized carbons (Fsp3) is 0.500. The van der Waals surface area contributed by atoms with E-state index in [-0.39, 0.29) is 24.6 Å². The molecular weight excluding hydrogens is 266 g/mol. The Morgan fingerprint density at radius 1 is 1.52 bits per heavy atom. The summed E-state index contributed by atoms with van der Waals surface area (Å²) in [7, 11) is 0. The molecule has 2 unspecified atom stereocenters. The predicted molar refractivity (Wildman–Crippen MR) is 80.7 cm³/mol. The van der Waals surface area contributed by atoms with Gasteiger partial charge in [0.25, 0.3) is 0 Å². The molecule has 0 aliphatic carbocycles. The highest BCUT2D eigenvalue weighted by Crippen LogP contribution is 2.21. The van der Waals surface area contributed by atoms with E-state index in [1.807, 2.05) is 11.8 Å². The van der Waals surface area contributed by atoms with Crippen molar-refractivity contribution in [2.24, 2.45) is 0 Å². The minimum absolute atomic E-state index is 0.0470. The number of rotatable bonds is 4. The Hall–Kier alpha value is -1.90. The molecule has 1 aromatic carbocycles. The second-order valence-electron chi connectivity index (χ2n) is 5.39. The molecule has 0 spiro atoms. The van der Waals surface area contributed by atoms with Crippen molar-refractivity contribution in [3.8, 4) is 6.07 Å². The van der Waals surface area contributed by atoms with Crippen LogP contribution in [-0.4, -0.2) is 41.1 Å². The zero-order valence-corrected chi connectivity index (χ0v) is 12.2. The standard InChI is InChI=1S/C16H21N3O2/c1-12(19-9-5-4-7-14(19)11-20)16(21)18-15-8-3-2-6-13(15)10-17/h2-3,6,8,12,14,20H,4-5,7,9,11H2,1H3,(H,18,21). The number of amides is 1. The van der Waals surface area contributed by atoms with Gasteiger partial charge in [-0.25, -0.2) is 0 Å². The Morgan fingerprint density at radius 3 is 3.00 bits per heavy atom. The first-order valence-electron chi connectivity index (χ1n) is 7.34. The van der Waals surface area contributed by atoms with Gasteiger partial charge >= 0.3 is 0 Å². The van der Waals surface area contributed by atoms with Crippen molar-refractivity contribution in [1.29, 1.82) is 5.26 Å². The third kappa shape index (κ3) is 3.60. The fourth-order valence-electron chi connectivity index (χ4n) is 2.81. The Balaban J connectivity index is 2.07. The lowest BCUT2D eigenvalue weighted by atomic mass is 10.0. The molecule has 2 rings (SSSR count). The van der Waals surface area contributed by atoms with Crippen molar-refractivity contribution in [2.45, 2.75) is 38.3 Å². The maximum atomic E-state index is 12.4. The van der Waals surface area contributed by atoms with Crippen LogP contribution in [0.2, 0.25) is 0 Å². The van der Waals surface area contributed by atoms with E-state index in [2.05, 4.69) is 11.4 Å². The Labute approximate surface area is 125 Å². The highest BCUT2D eigenvalue weighted by Gasteiger charge is 2.30. The quantitative estimate of drug-likeness (QED) is 0.884. The van der Waals surface area contributed by atoms with Crippen LogP contribution < -0.4 is 5.32 Å². The van der Waals surface area contributed by atoms with Crippen LogP contribution in [0.1, 0.15) is 31.7 Å². The van der Waals surface area contributed by atoms with Crippen LogP contribution in [0.3, 0.4) is 0 Å². The topological polar surface area (TPSA) is 76.4 Å². The number of nitrogens with one attached hydrogen (secondary N) is 1. The minimum Gasteiger partial charge on any atom is -0.395 e. The third-order valence-corrected chi connectivity index (χ3v) is 4.07. The number of para-hydroxylation sites is 1. The van der Waals surface area contributed by atoms with Gasteiger partial charge in [-0.1, -0.05) is 18.6 Å². The summed E-state index contributed by atoms with van der Waals surface area (Å²) in [5.41, 5.74) is 0.991. The van der Waals surface area contributed by atoms with Gasteiger partial charge in [0.15, 0.2) is 0 Å². The van der Waals surface area contributed by atoms with E-state index >= 15 is 0 Å². The van der Waals surface area contributed by atoms with Crippen molar-refractivity contribution in [1.82, 2.24) is 4.90 Å². The second kappa shape index (κ2) is 7.21. The largest absolute Gasteiger partial charge is 0.395 e. The third-order valence-electron chi connectivity index (χ3n) is 4.07. The zero-order valence-electron chi connectivity index (χ0n) is 12.2. The number of nitriles is 1. The normalized spacial score (nSPS) is 20.5. The molecule has 112 valence electrons. The summed E-state index contributed by atoms with van der Waals surface area (Å²) in [6.45, 7) is 2.74. The van der Waals surface area contributed by atoms with E-state index in [4.69, 9.17) is 5.26 Å². The van der Waals surface area contributed by atoms with Crippen molar-refractivity contribution < 1.29 is 9.90 Å². The Kier molecular flexibility index (Phi) is 5.32. The number of aliphatic hydroxyl groups is 1. The number of anilines is 1. The first kappa shape index (κ1) is 15.5. The average molecular weight is 287 g/mol. The number of benzene rings is 1. The molecular formula is C16H21N3O2. The van der Waals surface area contributed by atoms with Crippen LogP contribution in [0.4, 0.5) is 5.69 Å². The Morgan fingerprint density at radius 2 is 2.29 bits per heavy atom. The van der Waals surface area contributed by atoms with Gasteiger partial charge in [0.2, 0.25) is 5.91 Å². The first-order chi connectivity index (χ1) is 10.2. The van der Waals surface area contributed by atoms with Crippen molar-refractivity contribution in [2.75, 3.05) is 18.5 Å². The van der Waals surface area contributed by atoms with Crippen LogP contribution in [0.5, 0.6) is 0 Å². The molecule has 1 heterocycles. The van der Waals surface area contributed by atoms with E-state index in [0.717, 1.165) is 25.8 Å². The molecule has 1 aromatic rings. The monoisotopic (exact) mass is 287 g/mol. The van der Waals surface area contributed by atoms with E-state index in [1.54, 1.807) is 24.3 Å². The van der Waals surface area contributed by atoms with Gasteiger partial charge in [0.1, 0.15) is 6.07 Å².